The third-order valence-electron chi connectivity index (χ3n) is 3.49. The summed E-state index contributed by atoms with van der Waals surface area (Å²) in [6, 6.07) is 4.61. The van der Waals surface area contributed by atoms with Crippen molar-refractivity contribution in [1.82, 2.24) is 10.2 Å². The topological polar surface area (TPSA) is 49.4 Å². The van der Waals surface area contributed by atoms with Crippen LogP contribution in [0.3, 0.4) is 0 Å². The Morgan fingerprint density at radius 2 is 2.15 bits per heavy atom. The maximum Gasteiger partial charge on any atom is 0.256 e. The minimum atomic E-state index is -0.416. The Kier molecular flexibility index (Phi) is 4.94. The first-order valence-corrected chi connectivity index (χ1v) is 7.38. The van der Waals surface area contributed by atoms with Crippen LogP contribution in [0.1, 0.15) is 29.6 Å². The Labute approximate surface area is 128 Å². The van der Waals surface area contributed by atoms with Crippen molar-refractivity contribution in [3.8, 4) is 0 Å². The van der Waals surface area contributed by atoms with Crippen molar-refractivity contribution < 1.29 is 9.59 Å². The Bertz CT molecular complexity index is 536. The van der Waals surface area contributed by atoms with Crippen molar-refractivity contribution in [3.05, 3.63) is 28.8 Å². The number of likely N-dealkylation sites (tertiary alicyclic amines) is 1. The lowest BCUT2D eigenvalue weighted by molar-refractivity contribution is -0.126. The van der Waals surface area contributed by atoms with Crippen molar-refractivity contribution >= 4 is 36.0 Å². The molecule has 1 aliphatic rings. The van der Waals surface area contributed by atoms with Crippen molar-refractivity contribution in [2.45, 2.75) is 30.2 Å². The summed E-state index contributed by atoms with van der Waals surface area (Å²) < 4.78 is 0. The first-order chi connectivity index (χ1) is 9.54. The highest BCUT2D eigenvalue weighted by molar-refractivity contribution is 7.80. The summed E-state index contributed by atoms with van der Waals surface area (Å²) in [5, 5.41) is 3.00. The van der Waals surface area contributed by atoms with E-state index in [0.29, 0.717) is 28.4 Å². The predicted molar refractivity (Wildman–Crippen MR) is 81.4 cm³/mol. The highest BCUT2D eigenvalue weighted by Gasteiger charge is 2.32. The number of nitrogens with one attached hydrogen (secondary N) is 1. The van der Waals surface area contributed by atoms with Gasteiger partial charge in [-0.05, 0) is 37.5 Å². The second-order valence-electron chi connectivity index (χ2n) is 4.79. The van der Waals surface area contributed by atoms with Crippen molar-refractivity contribution in [1.29, 1.82) is 0 Å². The molecule has 1 unspecified atom stereocenters. The Hall–Kier alpha value is -1.20. The van der Waals surface area contributed by atoms with Gasteiger partial charge >= 0.3 is 0 Å². The lowest BCUT2D eigenvalue weighted by Crippen LogP contribution is -2.51. The van der Waals surface area contributed by atoms with E-state index in [-0.39, 0.29) is 11.8 Å². The maximum absolute atomic E-state index is 12.6. The van der Waals surface area contributed by atoms with Gasteiger partial charge in [-0.3, -0.25) is 9.59 Å². The van der Waals surface area contributed by atoms with E-state index >= 15 is 0 Å². The molecule has 0 aromatic heterocycles. The predicted octanol–water partition coefficient (Wildman–Crippen LogP) is 2.37. The Morgan fingerprint density at radius 1 is 1.40 bits per heavy atom. The maximum atomic E-state index is 12.6. The fourth-order valence-electron chi connectivity index (χ4n) is 2.45. The van der Waals surface area contributed by atoms with Crippen LogP contribution >= 0.6 is 24.2 Å². The molecule has 1 saturated heterocycles. The van der Waals surface area contributed by atoms with Gasteiger partial charge in [-0.1, -0.05) is 11.6 Å². The second kappa shape index (κ2) is 6.50. The molecule has 1 heterocycles. The van der Waals surface area contributed by atoms with Gasteiger partial charge in [0.05, 0.1) is 10.6 Å². The minimum absolute atomic E-state index is 0.129. The van der Waals surface area contributed by atoms with Gasteiger partial charge in [-0.2, -0.15) is 0 Å². The summed E-state index contributed by atoms with van der Waals surface area (Å²) in [6.45, 7) is 0.573. The standard InChI is InChI=1S/C14H17ClN2O2S/c1-16-13(18)12-4-2-3-7-17(12)14(19)10-8-9(20)5-6-11(10)15/h5-6,8,12,20H,2-4,7H2,1H3,(H,16,18). The average Bonchev–Trinajstić information content (AvgIpc) is 2.48. The van der Waals surface area contributed by atoms with Crippen LogP contribution in [-0.4, -0.2) is 36.3 Å². The number of hydrogen-bond donors (Lipinski definition) is 2. The monoisotopic (exact) mass is 312 g/mol. The van der Waals surface area contributed by atoms with Gasteiger partial charge in [0.15, 0.2) is 0 Å². The van der Waals surface area contributed by atoms with Gasteiger partial charge < -0.3 is 10.2 Å². The molecule has 1 aromatic carbocycles. The number of nitrogens with zero attached hydrogens (tertiary/aromatic N) is 1. The van der Waals surface area contributed by atoms with Crippen LogP contribution in [-0.2, 0) is 4.79 Å². The van der Waals surface area contributed by atoms with Gasteiger partial charge in [-0.25, -0.2) is 0 Å². The van der Waals surface area contributed by atoms with Gasteiger partial charge in [0.2, 0.25) is 5.91 Å². The largest absolute Gasteiger partial charge is 0.357 e. The number of likely N-dealkylation sites (N-methyl/N-ethyl adjacent to an activating group) is 1. The zero-order chi connectivity index (χ0) is 14.7. The molecule has 0 spiro atoms. The quantitative estimate of drug-likeness (QED) is 0.824. The number of amides is 2. The summed E-state index contributed by atoms with van der Waals surface area (Å²) in [6.07, 6.45) is 2.53. The van der Waals surface area contributed by atoms with E-state index in [0.717, 1.165) is 12.8 Å². The van der Waals surface area contributed by atoms with Crippen LogP contribution in [0.25, 0.3) is 0 Å². The van der Waals surface area contributed by atoms with E-state index in [4.69, 9.17) is 11.6 Å². The number of carbonyl (C=O) groups is 2. The van der Waals surface area contributed by atoms with E-state index < -0.39 is 6.04 Å². The van der Waals surface area contributed by atoms with E-state index in [1.54, 1.807) is 30.1 Å². The lowest BCUT2D eigenvalue weighted by atomic mass is 10.00. The molecule has 0 saturated carbocycles. The number of piperidine rings is 1. The Morgan fingerprint density at radius 3 is 2.85 bits per heavy atom. The molecule has 0 aliphatic carbocycles. The summed E-state index contributed by atoms with van der Waals surface area (Å²) in [4.78, 5) is 26.8. The summed E-state index contributed by atoms with van der Waals surface area (Å²) in [5.74, 6) is -0.338. The van der Waals surface area contributed by atoms with E-state index in [1.807, 2.05) is 0 Å². The molecule has 1 atom stereocenters. The van der Waals surface area contributed by atoms with Gasteiger partial charge in [0, 0.05) is 18.5 Å². The number of halogens is 1. The van der Waals surface area contributed by atoms with Gasteiger partial charge in [-0.15, -0.1) is 12.6 Å². The van der Waals surface area contributed by atoms with Gasteiger partial charge in [0.1, 0.15) is 6.04 Å². The van der Waals surface area contributed by atoms with Crippen molar-refractivity contribution in [3.63, 3.8) is 0 Å². The van der Waals surface area contributed by atoms with Crippen LogP contribution in [0.15, 0.2) is 23.1 Å². The molecule has 20 heavy (non-hydrogen) atoms. The molecule has 1 aromatic rings. The third-order valence-corrected chi connectivity index (χ3v) is 4.10. The molecule has 2 amide bonds. The SMILES string of the molecule is CNC(=O)C1CCCCN1C(=O)c1cc(S)ccc1Cl. The fourth-order valence-corrected chi connectivity index (χ4v) is 2.85. The van der Waals surface area contributed by atoms with Crippen LogP contribution in [0, 0.1) is 0 Å². The molecule has 0 radical (unpaired) electrons. The summed E-state index contributed by atoms with van der Waals surface area (Å²) in [7, 11) is 1.58. The van der Waals surface area contributed by atoms with Crippen molar-refractivity contribution in [2.24, 2.45) is 0 Å². The second-order valence-corrected chi connectivity index (χ2v) is 5.71. The van der Waals surface area contributed by atoms with Crippen LogP contribution in [0.2, 0.25) is 5.02 Å². The Balaban J connectivity index is 2.30. The molecule has 1 aliphatic heterocycles. The highest BCUT2D eigenvalue weighted by Crippen LogP contribution is 2.25. The number of carbonyl (C=O) groups excluding carboxylic acids is 2. The number of rotatable bonds is 2. The minimum Gasteiger partial charge on any atom is -0.357 e. The summed E-state index contributed by atoms with van der Waals surface area (Å²) in [5.41, 5.74) is 0.398. The average molecular weight is 313 g/mol. The van der Waals surface area contributed by atoms with Crippen LogP contribution < -0.4 is 5.32 Å². The summed E-state index contributed by atoms with van der Waals surface area (Å²) >= 11 is 10.3. The number of benzene rings is 1. The zero-order valence-electron chi connectivity index (χ0n) is 11.2. The first kappa shape index (κ1) is 15.2. The molecule has 0 bridgehead atoms. The number of thiol groups is 1. The molecule has 1 fully saturated rings. The molecule has 6 heteroatoms. The van der Waals surface area contributed by atoms with E-state index in [1.165, 1.54) is 0 Å². The highest BCUT2D eigenvalue weighted by atomic mass is 35.5. The molecule has 2 rings (SSSR count). The fraction of sp³-hybridized carbons (Fsp3) is 0.429. The van der Waals surface area contributed by atoms with Crippen LogP contribution in [0.5, 0.6) is 0 Å². The molecular formula is C14H17ClN2O2S. The van der Waals surface area contributed by atoms with Gasteiger partial charge in [0.25, 0.3) is 5.91 Å². The molecule has 108 valence electrons. The molecular weight excluding hydrogens is 296 g/mol. The molecule has 1 N–H and O–H groups in total. The normalized spacial score (nSPS) is 18.8. The zero-order valence-corrected chi connectivity index (χ0v) is 12.9. The van der Waals surface area contributed by atoms with Crippen molar-refractivity contribution in [2.75, 3.05) is 13.6 Å². The lowest BCUT2D eigenvalue weighted by Gasteiger charge is -2.34. The number of hydrogen-bond acceptors (Lipinski definition) is 3. The third kappa shape index (κ3) is 3.10. The smallest absolute Gasteiger partial charge is 0.256 e. The van der Waals surface area contributed by atoms with E-state index in [9.17, 15) is 9.59 Å². The van der Waals surface area contributed by atoms with E-state index in [2.05, 4.69) is 17.9 Å². The van der Waals surface area contributed by atoms with Crippen LogP contribution in [0.4, 0.5) is 0 Å². The first-order valence-electron chi connectivity index (χ1n) is 6.55. The molecule has 4 nitrogen and oxygen atoms in total.